The first-order valence-electron chi connectivity index (χ1n) is 6.60. The molecule has 1 fully saturated rings. The fourth-order valence-electron chi connectivity index (χ4n) is 2.61. The van der Waals surface area contributed by atoms with Crippen molar-refractivity contribution in [3.8, 4) is 11.5 Å². The van der Waals surface area contributed by atoms with E-state index in [1.165, 1.54) is 12.8 Å². The van der Waals surface area contributed by atoms with Gasteiger partial charge in [-0.2, -0.15) is 5.21 Å². The normalized spacial score (nSPS) is 18.5. The Labute approximate surface area is 112 Å². The van der Waals surface area contributed by atoms with E-state index >= 15 is 0 Å². The highest BCUT2D eigenvalue weighted by Crippen LogP contribution is 2.31. The summed E-state index contributed by atoms with van der Waals surface area (Å²) in [7, 11) is 0. The molecule has 6 heteroatoms. The first kappa shape index (κ1) is 12.1. The second-order valence-electron chi connectivity index (χ2n) is 5.81. The van der Waals surface area contributed by atoms with Crippen molar-refractivity contribution in [2.45, 2.75) is 26.7 Å². The Morgan fingerprint density at radius 2 is 2.21 bits per heavy atom. The Morgan fingerprint density at radius 1 is 1.32 bits per heavy atom. The van der Waals surface area contributed by atoms with Gasteiger partial charge in [-0.3, -0.25) is 0 Å². The highest BCUT2D eigenvalue weighted by atomic mass is 15.5. The molecule has 0 saturated carbocycles. The van der Waals surface area contributed by atoms with Gasteiger partial charge in [0, 0.05) is 13.1 Å². The Morgan fingerprint density at radius 3 is 2.95 bits per heavy atom. The van der Waals surface area contributed by atoms with Crippen LogP contribution in [0.2, 0.25) is 0 Å². The van der Waals surface area contributed by atoms with Crippen LogP contribution in [0, 0.1) is 5.41 Å². The van der Waals surface area contributed by atoms with Crippen molar-refractivity contribution in [1.82, 2.24) is 25.6 Å². The van der Waals surface area contributed by atoms with Crippen LogP contribution in [0.1, 0.15) is 26.7 Å². The van der Waals surface area contributed by atoms with Gasteiger partial charge in [0.2, 0.25) is 5.82 Å². The number of H-pyrrole nitrogens is 1. The van der Waals surface area contributed by atoms with Crippen molar-refractivity contribution in [2.24, 2.45) is 5.41 Å². The van der Waals surface area contributed by atoms with Crippen LogP contribution in [0.25, 0.3) is 11.5 Å². The number of piperidine rings is 1. The topological polar surface area (TPSA) is 70.6 Å². The van der Waals surface area contributed by atoms with Crippen molar-refractivity contribution in [2.75, 3.05) is 18.0 Å². The molecular weight excluding hydrogens is 240 g/mol. The number of nitrogens with zero attached hydrogens (tertiary/aromatic N) is 5. The molecule has 0 amide bonds. The lowest BCUT2D eigenvalue weighted by molar-refractivity contribution is 0.292. The van der Waals surface area contributed by atoms with Gasteiger partial charge in [-0.25, -0.2) is 4.98 Å². The number of anilines is 1. The van der Waals surface area contributed by atoms with Crippen LogP contribution in [0.15, 0.2) is 18.2 Å². The van der Waals surface area contributed by atoms with E-state index in [0.29, 0.717) is 11.2 Å². The van der Waals surface area contributed by atoms with E-state index in [0.717, 1.165) is 24.6 Å². The average molecular weight is 258 g/mol. The van der Waals surface area contributed by atoms with Crippen LogP contribution in [-0.4, -0.2) is 38.7 Å². The quantitative estimate of drug-likeness (QED) is 0.890. The zero-order valence-electron chi connectivity index (χ0n) is 11.3. The van der Waals surface area contributed by atoms with Gasteiger partial charge >= 0.3 is 0 Å². The van der Waals surface area contributed by atoms with Gasteiger partial charge in [0.15, 0.2) is 0 Å². The lowest BCUT2D eigenvalue weighted by Crippen LogP contribution is -2.40. The van der Waals surface area contributed by atoms with Gasteiger partial charge < -0.3 is 4.90 Å². The second-order valence-corrected chi connectivity index (χ2v) is 5.81. The standard InChI is InChI=1S/C13H18N6/c1-13(2)7-4-8-19(9-13)11-6-3-5-10(14-11)12-15-17-18-16-12/h3,5-6H,4,7-9H2,1-2H3,(H,15,16,17,18). The van der Waals surface area contributed by atoms with Crippen LogP contribution in [0.3, 0.4) is 0 Å². The van der Waals surface area contributed by atoms with E-state index in [1.807, 2.05) is 18.2 Å². The first-order valence-corrected chi connectivity index (χ1v) is 6.60. The Hall–Kier alpha value is -1.98. The van der Waals surface area contributed by atoms with Gasteiger partial charge in [-0.15, -0.1) is 10.2 Å². The second kappa shape index (κ2) is 4.60. The molecule has 0 aromatic carbocycles. The van der Waals surface area contributed by atoms with Gasteiger partial charge in [0.25, 0.3) is 0 Å². The predicted molar refractivity (Wildman–Crippen MR) is 72.6 cm³/mol. The fraction of sp³-hybridized carbons (Fsp3) is 0.538. The third-order valence-corrected chi connectivity index (χ3v) is 3.53. The zero-order valence-corrected chi connectivity index (χ0v) is 11.3. The molecule has 0 bridgehead atoms. The third-order valence-electron chi connectivity index (χ3n) is 3.53. The summed E-state index contributed by atoms with van der Waals surface area (Å²) < 4.78 is 0. The molecule has 1 N–H and O–H groups in total. The minimum atomic E-state index is 0.349. The first-order chi connectivity index (χ1) is 9.14. The Kier molecular flexibility index (Phi) is 2.93. The molecule has 0 radical (unpaired) electrons. The molecule has 2 aromatic heterocycles. The maximum absolute atomic E-state index is 4.65. The van der Waals surface area contributed by atoms with Crippen LogP contribution in [-0.2, 0) is 0 Å². The Bertz CT molecular complexity index is 548. The van der Waals surface area contributed by atoms with Crippen molar-refractivity contribution in [3.05, 3.63) is 18.2 Å². The smallest absolute Gasteiger partial charge is 0.223 e. The fourth-order valence-corrected chi connectivity index (χ4v) is 2.61. The minimum absolute atomic E-state index is 0.349. The number of pyridine rings is 1. The summed E-state index contributed by atoms with van der Waals surface area (Å²) in [5, 5.41) is 14.0. The van der Waals surface area contributed by atoms with Crippen LogP contribution in [0.5, 0.6) is 0 Å². The maximum atomic E-state index is 4.65. The summed E-state index contributed by atoms with van der Waals surface area (Å²) in [5.41, 5.74) is 1.11. The molecule has 19 heavy (non-hydrogen) atoms. The number of hydrogen-bond acceptors (Lipinski definition) is 5. The van der Waals surface area contributed by atoms with Gasteiger partial charge in [0.1, 0.15) is 11.5 Å². The third kappa shape index (κ3) is 2.57. The molecule has 1 saturated heterocycles. The molecule has 0 atom stereocenters. The number of aromatic nitrogens is 5. The predicted octanol–water partition coefficient (Wildman–Crippen LogP) is 1.89. The molecule has 2 aromatic rings. The van der Waals surface area contributed by atoms with E-state index < -0.39 is 0 Å². The minimum Gasteiger partial charge on any atom is -0.356 e. The number of tetrazole rings is 1. The SMILES string of the molecule is CC1(C)CCCN(c2cccc(-c3nn[nH]n3)n2)C1. The summed E-state index contributed by atoms with van der Waals surface area (Å²) in [6.07, 6.45) is 2.48. The lowest BCUT2D eigenvalue weighted by Gasteiger charge is -2.38. The molecule has 3 rings (SSSR count). The van der Waals surface area contributed by atoms with E-state index in [1.54, 1.807) is 0 Å². The van der Waals surface area contributed by atoms with E-state index in [9.17, 15) is 0 Å². The van der Waals surface area contributed by atoms with E-state index in [2.05, 4.69) is 44.4 Å². The van der Waals surface area contributed by atoms with Crippen molar-refractivity contribution in [3.63, 3.8) is 0 Å². The summed E-state index contributed by atoms with van der Waals surface area (Å²) in [6, 6.07) is 5.95. The van der Waals surface area contributed by atoms with Crippen molar-refractivity contribution < 1.29 is 0 Å². The highest BCUT2D eigenvalue weighted by molar-refractivity contribution is 5.53. The van der Waals surface area contributed by atoms with Gasteiger partial charge in [-0.1, -0.05) is 19.9 Å². The average Bonchev–Trinajstić information content (AvgIpc) is 2.92. The van der Waals surface area contributed by atoms with E-state index in [-0.39, 0.29) is 0 Å². The number of hydrogen-bond donors (Lipinski definition) is 1. The summed E-state index contributed by atoms with van der Waals surface area (Å²) in [6.45, 7) is 6.71. The molecule has 0 unspecified atom stereocenters. The molecule has 1 aliphatic rings. The maximum Gasteiger partial charge on any atom is 0.223 e. The summed E-state index contributed by atoms with van der Waals surface area (Å²) in [5.74, 6) is 1.54. The van der Waals surface area contributed by atoms with Crippen molar-refractivity contribution >= 4 is 5.82 Å². The molecule has 6 nitrogen and oxygen atoms in total. The highest BCUT2D eigenvalue weighted by Gasteiger charge is 2.27. The van der Waals surface area contributed by atoms with Crippen LogP contribution >= 0.6 is 0 Å². The van der Waals surface area contributed by atoms with E-state index in [4.69, 9.17) is 0 Å². The molecule has 3 heterocycles. The largest absolute Gasteiger partial charge is 0.356 e. The monoisotopic (exact) mass is 258 g/mol. The van der Waals surface area contributed by atoms with Crippen LogP contribution in [0.4, 0.5) is 5.82 Å². The lowest BCUT2D eigenvalue weighted by atomic mass is 9.84. The summed E-state index contributed by atoms with van der Waals surface area (Å²) in [4.78, 5) is 6.99. The van der Waals surface area contributed by atoms with Gasteiger partial charge in [-0.05, 0) is 35.6 Å². The van der Waals surface area contributed by atoms with Gasteiger partial charge in [0.05, 0.1) is 0 Å². The number of nitrogens with one attached hydrogen (secondary N) is 1. The van der Waals surface area contributed by atoms with Crippen LogP contribution < -0.4 is 4.90 Å². The summed E-state index contributed by atoms with van der Waals surface area (Å²) >= 11 is 0. The molecule has 100 valence electrons. The molecular formula is C13H18N6. The zero-order chi connectivity index (χ0) is 13.3. The number of aromatic amines is 1. The number of rotatable bonds is 2. The van der Waals surface area contributed by atoms with Crippen molar-refractivity contribution in [1.29, 1.82) is 0 Å². The molecule has 0 aliphatic carbocycles. The molecule has 1 aliphatic heterocycles. The Balaban J connectivity index is 1.87. The molecule has 0 spiro atoms.